The van der Waals surface area contributed by atoms with E-state index >= 15 is 0 Å². The Morgan fingerprint density at radius 2 is 2.11 bits per heavy atom. The standard InChI is InChI=1S/C17H20N6O5/c1-8(24)26-6-10-4-12(27-9(2)25)17(28-10)23-5-11-13-15(19-7-20-16(13)23)22(3)21-14(11)18/h5,7,10,12,17H,4,6H2,1-3H3,(H2,18,21)/t10-,12+,17+/m0/s1. The number of nitrogens with two attached hydrogens (primary N) is 1. The zero-order valence-corrected chi connectivity index (χ0v) is 15.7. The van der Waals surface area contributed by atoms with Crippen molar-refractivity contribution >= 4 is 34.6 Å². The molecule has 4 rings (SSSR count). The van der Waals surface area contributed by atoms with Gasteiger partial charge in [0.15, 0.2) is 17.9 Å². The molecule has 2 aliphatic rings. The van der Waals surface area contributed by atoms with E-state index in [-0.39, 0.29) is 6.61 Å². The summed E-state index contributed by atoms with van der Waals surface area (Å²) in [6.45, 7) is 2.74. The minimum atomic E-state index is -0.653. The molecule has 0 radical (unpaired) electrons. The van der Waals surface area contributed by atoms with Gasteiger partial charge in [0.25, 0.3) is 0 Å². The second-order valence-corrected chi connectivity index (χ2v) is 6.69. The molecule has 148 valence electrons. The number of hydrogen-bond donors (Lipinski definition) is 1. The van der Waals surface area contributed by atoms with Crippen LogP contribution >= 0.6 is 0 Å². The van der Waals surface area contributed by atoms with Crippen molar-refractivity contribution < 1.29 is 23.8 Å². The van der Waals surface area contributed by atoms with Gasteiger partial charge in [0.2, 0.25) is 0 Å². The van der Waals surface area contributed by atoms with Crippen molar-refractivity contribution in [3.63, 3.8) is 0 Å². The molecule has 0 amide bonds. The summed E-state index contributed by atoms with van der Waals surface area (Å²) in [5, 5.41) is 6.59. The summed E-state index contributed by atoms with van der Waals surface area (Å²) in [5.41, 5.74) is 7.35. The second kappa shape index (κ2) is 6.75. The van der Waals surface area contributed by atoms with E-state index < -0.39 is 30.4 Å². The normalized spacial score (nSPS) is 23.6. The number of rotatable bonds is 4. The molecule has 11 heteroatoms. The maximum atomic E-state index is 11.6. The summed E-state index contributed by atoms with van der Waals surface area (Å²) in [6, 6.07) is 0. The molecule has 1 saturated heterocycles. The molecular formula is C17H20N6O5. The molecule has 2 aliphatic heterocycles. The van der Waals surface area contributed by atoms with Crippen LogP contribution in [0.1, 0.15) is 32.1 Å². The van der Waals surface area contributed by atoms with Crippen molar-refractivity contribution in [1.29, 1.82) is 0 Å². The Labute approximate surface area is 160 Å². The fourth-order valence-electron chi connectivity index (χ4n) is 3.56. The molecule has 1 fully saturated rings. The van der Waals surface area contributed by atoms with Crippen molar-refractivity contribution in [2.45, 2.75) is 38.7 Å². The Morgan fingerprint density at radius 1 is 1.32 bits per heavy atom. The summed E-state index contributed by atoms with van der Waals surface area (Å²) >= 11 is 0. The first-order valence-electron chi connectivity index (χ1n) is 8.75. The van der Waals surface area contributed by atoms with E-state index in [9.17, 15) is 9.59 Å². The van der Waals surface area contributed by atoms with Crippen molar-refractivity contribution in [2.24, 2.45) is 10.8 Å². The molecule has 11 nitrogen and oxygen atoms in total. The number of carbonyl (C=O) groups is 2. The number of nitrogens with zero attached hydrogens (tertiary/aromatic N) is 5. The molecule has 2 aromatic heterocycles. The van der Waals surface area contributed by atoms with Gasteiger partial charge in [-0.05, 0) is 0 Å². The van der Waals surface area contributed by atoms with E-state index in [1.54, 1.807) is 22.8 Å². The topological polar surface area (TPSA) is 134 Å². The van der Waals surface area contributed by atoms with Crippen LogP contribution in [-0.4, -0.2) is 58.2 Å². The molecule has 0 bridgehead atoms. The lowest BCUT2D eigenvalue weighted by atomic mass is 10.2. The maximum Gasteiger partial charge on any atom is 0.303 e. The lowest BCUT2D eigenvalue weighted by Gasteiger charge is -2.21. The number of carbonyl (C=O) groups excluding carboxylic acids is 2. The molecule has 0 unspecified atom stereocenters. The SMILES string of the molecule is CC(=O)OC[C@@H]1C[C@@H](OC(C)=O)[C@H](n2cc3c4c(ncnc42)N(C)N=C3N)O1. The first-order valence-corrected chi connectivity index (χ1v) is 8.75. The van der Waals surface area contributed by atoms with E-state index in [1.807, 2.05) is 0 Å². The molecule has 0 aliphatic carbocycles. The van der Waals surface area contributed by atoms with E-state index in [1.165, 1.54) is 20.2 Å². The Kier molecular flexibility index (Phi) is 4.38. The fraction of sp³-hybridized carbons (Fsp3) is 0.471. The van der Waals surface area contributed by atoms with Crippen LogP contribution < -0.4 is 10.7 Å². The third-order valence-corrected chi connectivity index (χ3v) is 4.64. The zero-order valence-electron chi connectivity index (χ0n) is 15.7. The van der Waals surface area contributed by atoms with Gasteiger partial charge in [0.05, 0.1) is 11.5 Å². The monoisotopic (exact) mass is 388 g/mol. The molecule has 2 aromatic rings. The highest BCUT2D eigenvalue weighted by molar-refractivity contribution is 6.13. The van der Waals surface area contributed by atoms with Crippen LogP contribution in [0.2, 0.25) is 0 Å². The Morgan fingerprint density at radius 3 is 2.82 bits per heavy atom. The summed E-state index contributed by atoms with van der Waals surface area (Å²) in [4.78, 5) is 31.4. The van der Waals surface area contributed by atoms with Gasteiger partial charge in [-0.2, -0.15) is 5.10 Å². The van der Waals surface area contributed by atoms with Gasteiger partial charge in [-0.3, -0.25) is 9.59 Å². The third-order valence-electron chi connectivity index (χ3n) is 4.64. The van der Waals surface area contributed by atoms with E-state index in [2.05, 4.69) is 15.1 Å². The second-order valence-electron chi connectivity index (χ2n) is 6.69. The van der Waals surface area contributed by atoms with Crippen molar-refractivity contribution in [3.05, 3.63) is 18.1 Å². The number of hydrazone groups is 1. The maximum absolute atomic E-state index is 11.6. The molecule has 0 saturated carbocycles. The van der Waals surface area contributed by atoms with Crippen LogP contribution in [0.5, 0.6) is 0 Å². The van der Waals surface area contributed by atoms with Crippen LogP contribution in [0.15, 0.2) is 17.6 Å². The highest BCUT2D eigenvalue weighted by Gasteiger charge is 2.41. The molecule has 28 heavy (non-hydrogen) atoms. The Balaban J connectivity index is 1.74. The van der Waals surface area contributed by atoms with Gasteiger partial charge in [0, 0.05) is 39.1 Å². The molecular weight excluding hydrogens is 368 g/mol. The Bertz CT molecular complexity index is 986. The predicted molar refractivity (Wildman–Crippen MR) is 97.4 cm³/mol. The van der Waals surface area contributed by atoms with Gasteiger partial charge in [-0.25, -0.2) is 15.0 Å². The number of aromatic nitrogens is 3. The fourth-order valence-corrected chi connectivity index (χ4v) is 3.56. The van der Waals surface area contributed by atoms with Gasteiger partial charge in [-0.15, -0.1) is 0 Å². The molecule has 0 aromatic carbocycles. The van der Waals surface area contributed by atoms with Crippen LogP contribution in [0.4, 0.5) is 5.82 Å². The highest BCUT2D eigenvalue weighted by Crippen LogP contribution is 2.38. The van der Waals surface area contributed by atoms with E-state index in [0.29, 0.717) is 29.3 Å². The summed E-state index contributed by atoms with van der Waals surface area (Å²) < 4.78 is 18.3. The number of ether oxygens (including phenoxy) is 3. The lowest BCUT2D eigenvalue weighted by Crippen LogP contribution is -2.25. The van der Waals surface area contributed by atoms with Crippen molar-refractivity contribution in [2.75, 3.05) is 18.7 Å². The van der Waals surface area contributed by atoms with Crippen LogP contribution in [-0.2, 0) is 23.8 Å². The average molecular weight is 388 g/mol. The van der Waals surface area contributed by atoms with Crippen LogP contribution in [0.3, 0.4) is 0 Å². The number of esters is 2. The Hall–Kier alpha value is -3.21. The minimum absolute atomic E-state index is 0.0717. The molecule has 4 heterocycles. The van der Waals surface area contributed by atoms with E-state index in [0.717, 1.165) is 5.39 Å². The van der Waals surface area contributed by atoms with E-state index in [4.69, 9.17) is 19.9 Å². The minimum Gasteiger partial charge on any atom is -0.463 e. The zero-order chi connectivity index (χ0) is 20.0. The van der Waals surface area contributed by atoms with Crippen LogP contribution in [0.25, 0.3) is 11.0 Å². The highest BCUT2D eigenvalue weighted by atomic mass is 16.6. The van der Waals surface area contributed by atoms with Gasteiger partial charge in [-0.1, -0.05) is 0 Å². The lowest BCUT2D eigenvalue weighted by molar-refractivity contribution is -0.152. The average Bonchev–Trinajstić information content (AvgIpc) is 3.19. The first kappa shape index (κ1) is 18.2. The van der Waals surface area contributed by atoms with Crippen molar-refractivity contribution in [3.8, 4) is 0 Å². The molecule has 2 N–H and O–H groups in total. The molecule has 0 spiro atoms. The largest absolute Gasteiger partial charge is 0.463 e. The first-order chi connectivity index (χ1) is 13.3. The van der Waals surface area contributed by atoms with Gasteiger partial charge in [0.1, 0.15) is 24.7 Å². The molecule has 3 atom stereocenters. The summed E-state index contributed by atoms with van der Waals surface area (Å²) in [7, 11) is 1.75. The summed E-state index contributed by atoms with van der Waals surface area (Å²) in [5.74, 6) is 0.113. The van der Waals surface area contributed by atoms with Crippen LogP contribution in [0, 0.1) is 0 Å². The van der Waals surface area contributed by atoms with Gasteiger partial charge < -0.3 is 24.5 Å². The number of hydrogen-bond acceptors (Lipinski definition) is 10. The third kappa shape index (κ3) is 3.03. The number of amidine groups is 1. The number of anilines is 1. The summed E-state index contributed by atoms with van der Waals surface area (Å²) in [6.07, 6.45) is 1.94. The quantitative estimate of drug-likeness (QED) is 0.733. The van der Waals surface area contributed by atoms with Gasteiger partial charge >= 0.3 is 11.9 Å². The van der Waals surface area contributed by atoms with Crippen molar-refractivity contribution in [1.82, 2.24) is 14.5 Å². The predicted octanol–water partition coefficient (Wildman–Crippen LogP) is 0.284. The smallest absolute Gasteiger partial charge is 0.303 e.